The first-order chi connectivity index (χ1) is 8.30. The summed E-state index contributed by atoms with van der Waals surface area (Å²) < 4.78 is 44.4. The first-order valence-electron chi connectivity index (χ1n) is 4.36. The molecule has 0 atom stereocenters. The lowest BCUT2D eigenvalue weighted by atomic mass is 10.1. The normalized spacial score (nSPS) is 10.7. The maximum atomic E-state index is 12.1. The van der Waals surface area contributed by atoms with Crippen molar-refractivity contribution in [1.82, 2.24) is 0 Å². The molecule has 1 aromatic rings. The molecular weight excluding hydrogens is 366 g/mol. The third kappa shape index (κ3) is 3.25. The Morgan fingerprint density at radius 2 is 2.06 bits per heavy atom. The number of ether oxygens (including phenoxy) is 2. The zero-order chi connectivity index (χ0) is 13.9. The monoisotopic (exact) mass is 371 g/mol. The summed E-state index contributed by atoms with van der Waals surface area (Å²) in [7, 11) is 1.13. The van der Waals surface area contributed by atoms with Crippen LogP contribution in [0.5, 0.6) is 5.75 Å². The fourth-order valence-corrected chi connectivity index (χ4v) is 1.93. The molecule has 0 radical (unpaired) electrons. The van der Waals surface area contributed by atoms with Crippen molar-refractivity contribution in [3.05, 3.63) is 26.8 Å². The van der Waals surface area contributed by atoms with Crippen LogP contribution >= 0.6 is 22.6 Å². The molecule has 0 bridgehead atoms. The number of nitriles is 1. The van der Waals surface area contributed by atoms with Gasteiger partial charge in [0, 0.05) is 3.57 Å². The summed E-state index contributed by atoms with van der Waals surface area (Å²) in [4.78, 5) is 11.3. The van der Waals surface area contributed by atoms with Crippen LogP contribution in [0.4, 0.5) is 13.2 Å². The van der Waals surface area contributed by atoms with Crippen molar-refractivity contribution in [3.8, 4) is 11.8 Å². The predicted molar refractivity (Wildman–Crippen MR) is 61.9 cm³/mol. The van der Waals surface area contributed by atoms with E-state index in [1.165, 1.54) is 0 Å². The molecule has 18 heavy (non-hydrogen) atoms. The number of alkyl halides is 3. The van der Waals surface area contributed by atoms with Gasteiger partial charge in [-0.2, -0.15) is 5.26 Å². The maximum Gasteiger partial charge on any atom is 0.573 e. The summed E-state index contributed by atoms with van der Waals surface area (Å²) in [6.07, 6.45) is -4.90. The van der Waals surface area contributed by atoms with Gasteiger partial charge in [-0.15, -0.1) is 13.2 Å². The Morgan fingerprint density at radius 3 is 2.50 bits per heavy atom. The van der Waals surface area contributed by atoms with Gasteiger partial charge in [-0.05, 0) is 34.7 Å². The average Bonchev–Trinajstić information content (AvgIpc) is 2.26. The van der Waals surface area contributed by atoms with Gasteiger partial charge in [-0.25, -0.2) is 4.79 Å². The number of benzene rings is 1. The van der Waals surface area contributed by atoms with Crippen LogP contribution in [0, 0.1) is 14.9 Å². The molecule has 1 rings (SSSR count). The predicted octanol–water partition coefficient (Wildman–Crippen LogP) is 2.85. The molecule has 1 aromatic carbocycles. The zero-order valence-electron chi connectivity index (χ0n) is 8.84. The molecule has 4 nitrogen and oxygen atoms in total. The quantitative estimate of drug-likeness (QED) is 0.593. The summed E-state index contributed by atoms with van der Waals surface area (Å²) in [6, 6.07) is 3.58. The molecule has 0 saturated carbocycles. The molecule has 0 heterocycles. The Balaban J connectivity index is 3.31. The molecule has 0 saturated heterocycles. The van der Waals surface area contributed by atoms with E-state index >= 15 is 0 Å². The van der Waals surface area contributed by atoms with Crippen LogP contribution in [-0.2, 0) is 4.74 Å². The van der Waals surface area contributed by atoms with Crippen LogP contribution in [0.15, 0.2) is 12.1 Å². The number of carbonyl (C=O) groups is 1. The molecular formula is C10H5F3INO3. The number of nitrogens with zero attached hydrogens (tertiary/aromatic N) is 1. The minimum absolute atomic E-state index is 0.00387. The van der Waals surface area contributed by atoms with E-state index in [-0.39, 0.29) is 14.7 Å². The van der Waals surface area contributed by atoms with E-state index in [1.54, 1.807) is 28.7 Å². The van der Waals surface area contributed by atoms with E-state index in [2.05, 4.69) is 9.47 Å². The lowest BCUT2D eigenvalue weighted by Gasteiger charge is -2.12. The second-order valence-corrected chi connectivity index (χ2v) is 4.03. The van der Waals surface area contributed by atoms with Gasteiger partial charge in [-0.1, -0.05) is 0 Å². The highest BCUT2D eigenvalue weighted by molar-refractivity contribution is 14.1. The molecule has 0 fully saturated rings. The second-order valence-electron chi connectivity index (χ2n) is 2.95. The fourth-order valence-electron chi connectivity index (χ4n) is 1.14. The number of hydrogen-bond donors (Lipinski definition) is 0. The van der Waals surface area contributed by atoms with Crippen molar-refractivity contribution in [1.29, 1.82) is 5.26 Å². The van der Waals surface area contributed by atoms with E-state index in [0.29, 0.717) is 0 Å². The van der Waals surface area contributed by atoms with Gasteiger partial charge in [0.1, 0.15) is 17.4 Å². The van der Waals surface area contributed by atoms with Crippen LogP contribution in [0.1, 0.15) is 15.9 Å². The number of esters is 1. The first-order valence-corrected chi connectivity index (χ1v) is 5.44. The van der Waals surface area contributed by atoms with Crippen LogP contribution in [-0.4, -0.2) is 19.4 Å². The lowest BCUT2D eigenvalue weighted by molar-refractivity contribution is -0.274. The van der Waals surface area contributed by atoms with Crippen molar-refractivity contribution in [2.24, 2.45) is 0 Å². The highest BCUT2D eigenvalue weighted by Gasteiger charge is 2.33. The molecule has 96 valence electrons. The summed E-state index contributed by atoms with van der Waals surface area (Å²) >= 11 is 1.59. The van der Waals surface area contributed by atoms with Gasteiger partial charge in [0.25, 0.3) is 0 Å². The highest BCUT2D eigenvalue weighted by atomic mass is 127. The summed E-state index contributed by atoms with van der Waals surface area (Å²) in [5.74, 6) is -1.39. The molecule has 0 amide bonds. The third-order valence-corrected chi connectivity index (χ3v) is 2.97. The average molecular weight is 371 g/mol. The molecule has 0 aromatic heterocycles. The second kappa shape index (κ2) is 5.43. The van der Waals surface area contributed by atoms with Crippen LogP contribution in [0.2, 0.25) is 0 Å². The van der Waals surface area contributed by atoms with Crippen molar-refractivity contribution in [2.75, 3.05) is 7.11 Å². The van der Waals surface area contributed by atoms with Gasteiger partial charge in [-0.3, -0.25) is 0 Å². The number of rotatable bonds is 2. The van der Waals surface area contributed by atoms with Crippen molar-refractivity contribution in [3.63, 3.8) is 0 Å². The Kier molecular flexibility index (Phi) is 4.39. The minimum atomic E-state index is -4.90. The van der Waals surface area contributed by atoms with Crippen molar-refractivity contribution in [2.45, 2.75) is 6.36 Å². The molecule has 8 heteroatoms. The van der Waals surface area contributed by atoms with Gasteiger partial charge in [0.2, 0.25) is 0 Å². The summed E-state index contributed by atoms with van der Waals surface area (Å²) in [5.41, 5.74) is -0.361. The standard InChI is InChI=1S/C10H5F3INO3/c1-17-9(16)5-2-3-7(18-10(11,12)13)6(4-15)8(5)14/h2-3H,1H3. The van der Waals surface area contributed by atoms with Crippen LogP contribution in [0.3, 0.4) is 0 Å². The molecule has 0 aliphatic rings. The zero-order valence-corrected chi connectivity index (χ0v) is 11.0. The van der Waals surface area contributed by atoms with Gasteiger partial charge >= 0.3 is 12.3 Å². The summed E-state index contributed by atoms with van der Waals surface area (Å²) in [6.45, 7) is 0. The Hall–Kier alpha value is -1.50. The van der Waals surface area contributed by atoms with Gasteiger partial charge in [0.15, 0.2) is 0 Å². The van der Waals surface area contributed by atoms with Crippen LogP contribution in [0.25, 0.3) is 0 Å². The Bertz CT molecular complexity index is 522. The molecule has 0 aliphatic heterocycles. The van der Waals surface area contributed by atoms with Crippen molar-refractivity contribution >= 4 is 28.6 Å². The van der Waals surface area contributed by atoms with E-state index in [9.17, 15) is 18.0 Å². The van der Waals surface area contributed by atoms with E-state index in [1.807, 2.05) is 0 Å². The molecule has 0 N–H and O–H groups in total. The smallest absolute Gasteiger partial charge is 0.465 e. The molecule has 0 spiro atoms. The number of methoxy groups -OCH3 is 1. The Morgan fingerprint density at radius 1 is 1.44 bits per heavy atom. The maximum absolute atomic E-state index is 12.1. The number of carbonyl (C=O) groups excluding carboxylic acids is 1. The largest absolute Gasteiger partial charge is 0.573 e. The summed E-state index contributed by atoms with van der Waals surface area (Å²) in [5, 5.41) is 8.82. The van der Waals surface area contributed by atoms with E-state index < -0.39 is 18.1 Å². The minimum Gasteiger partial charge on any atom is -0.465 e. The fraction of sp³-hybridized carbons (Fsp3) is 0.200. The van der Waals surface area contributed by atoms with Gasteiger partial charge in [0.05, 0.1) is 12.7 Å². The topological polar surface area (TPSA) is 59.3 Å². The number of halogens is 4. The van der Waals surface area contributed by atoms with E-state index in [4.69, 9.17) is 5.26 Å². The third-order valence-electron chi connectivity index (χ3n) is 1.85. The van der Waals surface area contributed by atoms with Gasteiger partial charge < -0.3 is 9.47 Å². The van der Waals surface area contributed by atoms with Crippen molar-refractivity contribution < 1.29 is 27.4 Å². The molecule has 0 aliphatic carbocycles. The lowest BCUT2D eigenvalue weighted by Crippen LogP contribution is -2.18. The SMILES string of the molecule is COC(=O)c1ccc(OC(F)(F)F)c(C#N)c1I. The molecule has 0 unspecified atom stereocenters. The van der Waals surface area contributed by atoms with Crippen LogP contribution < -0.4 is 4.74 Å². The first kappa shape index (κ1) is 14.6. The van der Waals surface area contributed by atoms with E-state index in [0.717, 1.165) is 19.2 Å². The highest BCUT2D eigenvalue weighted by Crippen LogP contribution is 2.31. The Labute approximate surface area is 113 Å². The number of hydrogen-bond acceptors (Lipinski definition) is 4.